The molecule has 0 aliphatic carbocycles. The van der Waals surface area contributed by atoms with E-state index in [2.05, 4.69) is 5.32 Å². The lowest BCUT2D eigenvalue weighted by atomic mass is 10.2. The molecule has 4 nitrogen and oxygen atoms in total. The molecular weight excluding hydrogens is 501 g/mol. The molecule has 0 radical (unpaired) electrons. The summed E-state index contributed by atoms with van der Waals surface area (Å²) in [6, 6.07) is 12.2. The lowest BCUT2D eigenvalue weighted by Crippen LogP contribution is -2.35. The van der Waals surface area contributed by atoms with E-state index in [0.29, 0.717) is 9.92 Å². The minimum absolute atomic E-state index is 0.0117. The van der Waals surface area contributed by atoms with E-state index >= 15 is 0 Å². The molecule has 166 valence electrons. The van der Waals surface area contributed by atoms with Crippen LogP contribution in [0.15, 0.2) is 59.5 Å². The first-order chi connectivity index (χ1) is 15.2. The summed E-state index contributed by atoms with van der Waals surface area (Å²) in [6.07, 6.45) is 0. The molecule has 3 aromatic rings. The summed E-state index contributed by atoms with van der Waals surface area (Å²) in [5, 5.41) is 5.45. The van der Waals surface area contributed by atoms with Crippen molar-refractivity contribution in [1.82, 2.24) is 5.32 Å². The van der Waals surface area contributed by atoms with Crippen LogP contribution in [0.1, 0.15) is 28.1 Å². The van der Waals surface area contributed by atoms with Crippen molar-refractivity contribution < 1.29 is 18.4 Å². The standard InChI is InChI=1S/C22H15Cl3F2N2O2S/c1-11(12-5-7-13(23)8-6-12)32-20-15(24)9-14(10-16(20)25)28-22(31)29-21(30)19-17(26)3-2-4-18(19)27/h2-11H,1H3,(H2,28,29,30,31). The van der Waals surface area contributed by atoms with Gasteiger partial charge in [-0.15, -0.1) is 11.8 Å². The Labute approximate surface area is 202 Å². The highest BCUT2D eigenvalue weighted by Gasteiger charge is 2.20. The van der Waals surface area contributed by atoms with Crippen LogP contribution in [-0.4, -0.2) is 11.9 Å². The Kier molecular flexibility index (Phi) is 8.00. The quantitative estimate of drug-likeness (QED) is 0.342. The molecular formula is C22H15Cl3F2N2O2S. The van der Waals surface area contributed by atoms with Gasteiger partial charge in [-0.05, 0) is 48.9 Å². The fourth-order valence-corrected chi connectivity index (χ4v) is 4.64. The SMILES string of the molecule is CC(Sc1c(Cl)cc(NC(=O)NC(=O)c2c(F)cccc2F)cc1Cl)c1ccc(Cl)cc1. The van der Waals surface area contributed by atoms with Crippen molar-refractivity contribution in [2.75, 3.05) is 5.32 Å². The van der Waals surface area contributed by atoms with Crippen LogP contribution >= 0.6 is 46.6 Å². The van der Waals surface area contributed by atoms with Crippen molar-refractivity contribution in [3.8, 4) is 0 Å². The third kappa shape index (κ3) is 5.92. The zero-order valence-corrected chi connectivity index (χ0v) is 19.5. The summed E-state index contributed by atoms with van der Waals surface area (Å²) < 4.78 is 27.4. The number of hydrogen-bond donors (Lipinski definition) is 2. The Morgan fingerprint density at radius 3 is 2.06 bits per heavy atom. The second kappa shape index (κ2) is 10.5. The average Bonchev–Trinajstić information content (AvgIpc) is 2.70. The average molecular weight is 516 g/mol. The van der Waals surface area contributed by atoms with Gasteiger partial charge in [-0.2, -0.15) is 0 Å². The van der Waals surface area contributed by atoms with E-state index in [1.54, 1.807) is 12.1 Å². The second-order valence-electron chi connectivity index (χ2n) is 6.59. The summed E-state index contributed by atoms with van der Waals surface area (Å²) in [7, 11) is 0. The number of benzene rings is 3. The lowest BCUT2D eigenvalue weighted by molar-refractivity contribution is 0.0959. The smallest absolute Gasteiger partial charge is 0.308 e. The molecule has 32 heavy (non-hydrogen) atoms. The van der Waals surface area contributed by atoms with E-state index in [1.807, 2.05) is 24.4 Å². The Hall–Kier alpha value is -2.32. The zero-order valence-electron chi connectivity index (χ0n) is 16.4. The van der Waals surface area contributed by atoms with Crippen LogP contribution in [0.25, 0.3) is 0 Å². The molecule has 0 fully saturated rings. The summed E-state index contributed by atoms with van der Waals surface area (Å²) in [4.78, 5) is 24.8. The topological polar surface area (TPSA) is 58.2 Å². The number of anilines is 1. The molecule has 3 amide bonds. The number of nitrogens with one attached hydrogen (secondary N) is 2. The largest absolute Gasteiger partial charge is 0.326 e. The molecule has 3 aromatic carbocycles. The molecule has 0 saturated carbocycles. The number of thioether (sulfide) groups is 1. The van der Waals surface area contributed by atoms with E-state index in [0.717, 1.165) is 23.8 Å². The third-order valence-corrected chi connectivity index (χ3v) is 6.68. The molecule has 0 aromatic heterocycles. The molecule has 3 rings (SSSR count). The maximum atomic E-state index is 13.7. The minimum Gasteiger partial charge on any atom is -0.308 e. The minimum atomic E-state index is -1.22. The summed E-state index contributed by atoms with van der Waals surface area (Å²) in [5.74, 6) is -3.39. The van der Waals surface area contributed by atoms with Crippen molar-refractivity contribution >= 4 is 64.2 Å². The van der Waals surface area contributed by atoms with Gasteiger partial charge in [0, 0.05) is 20.9 Å². The van der Waals surface area contributed by atoms with Gasteiger partial charge in [0.1, 0.15) is 17.2 Å². The predicted octanol–water partition coefficient (Wildman–Crippen LogP) is 7.74. The lowest BCUT2D eigenvalue weighted by Gasteiger charge is -2.16. The monoisotopic (exact) mass is 514 g/mol. The summed E-state index contributed by atoms with van der Waals surface area (Å²) in [6.45, 7) is 1.98. The number of rotatable bonds is 5. The third-order valence-electron chi connectivity index (χ3n) is 4.31. The Morgan fingerprint density at radius 1 is 0.938 bits per heavy atom. The molecule has 0 aliphatic rings. The van der Waals surface area contributed by atoms with Crippen LogP contribution in [0.4, 0.5) is 19.3 Å². The van der Waals surface area contributed by atoms with E-state index < -0.39 is 29.1 Å². The highest BCUT2D eigenvalue weighted by atomic mass is 35.5. The Morgan fingerprint density at radius 2 is 1.50 bits per heavy atom. The number of carbonyl (C=O) groups excluding carboxylic acids is 2. The molecule has 1 unspecified atom stereocenters. The van der Waals surface area contributed by atoms with Gasteiger partial charge in [-0.3, -0.25) is 10.1 Å². The number of amides is 3. The summed E-state index contributed by atoms with van der Waals surface area (Å²) in [5.41, 5.74) is 0.358. The molecule has 1 atom stereocenters. The first-order valence-corrected chi connectivity index (χ1v) is 11.1. The van der Waals surface area contributed by atoms with Crippen LogP contribution < -0.4 is 10.6 Å². The molecule has 10 heteroatoms. The fourth-order valence-electron chi connectivity index (χ4n) is 2.77. The van der Waals surface area contributed by atoms with E-state index in [1.165, 1.54) is 23.9 Å². The number of hydrogen-bond acceptors (Lipinski definition) is 3. The molecule has 0 heterocycles. The van der Waals surface area contributed by atoms with Crippen molar-refractivity contribution in [2.24, 2.45) is 0 Å². The highest BCUT2D eigenvalue weighted by Crippen LogP contribution is 2.43. The van der Waals surface area contributed by atoms with Crippen LogP contribution in [-0.2, 0) is 0 Å². The maximum Gasteiger partial charge on any atom is 0.326 e. The zero-order chi connectivity index (χ0) is 23.4. The van der Waals surface area contributed by atoms with Gasteiger partial charge in [0.2, 0.25) is 0 Å². The van der Waals surface area contributed by atoms with Crippen molar-refractivity contribution in [3.63, 3.8) is 0 Å². The Balaban J connectivity index is 1.70. The molecule has 0 spiro atoms. The molecule has 0 aliphatic heterocycles. The van der Waals surface area contributed by atoms with E-state index in [9.17, 15) is 18.4 Å². The van der Waals surface area contributed by atoms with Gasteiger partial charge in [0.25, 0.3) is 5.91 Å². The molecule has 0 saturated heterocycles. The second-order valence-corrected chi connectivity index (χ2v) is 9.19. The number of imide groups is 1. The predicted molar refractivity (Wildman–Crippen MR) is 125 cm³/mol. The highest BCUT2D eigenvalue weighted by molar-refractivity contribution is 7.99. The van der Waals surface area contributed by atoms with Gasteiger partial charge in [-0.1, -0.05) is 53.0 Å². The van der Waals surface area contributed by atoms with Gasteiger partial charge in [-0.25, -0.2) is 13.6 Å². The van der Waals surface area contributed by atoms with Crippen LogP contribution in [0.3, 0.4) is 0 Å². The fraction of sp³-hybridized carbons (Fsp3) is 0.0909. The maximum absolute atomic E-state index is 13.7. The first-order valence-electron chi connectivity index (χ1n) is 9.13. The van der Waals surface area contributed by atoms with Crippen LogP contribution in [0.5, 0.6) is 0 Å². The van der Waals surface area contributed by atoms with Crippen molar-refractivity contribution in [2.45, 2.75) is 17.1 Å². The molecule has 0 bridgehead atoms. The number of carbonyl (C=O) groups is 2. The van der Waals surface area contributed by atoms with Gasteiger partial charge >= 0.3 is 6.03 Å². The normalized spacial score (nSPS) is 11.7. The number of halogens is 5. The van der Waals surface area contributed by atoms with E-state index in [-0.39, 0.29) is 21.0 Å². The van der Waals surface area contributed by atoms with Gasteiger partial charge in [0.05, 0.1) is 10.0 Å². The van der Waals surface area contributed by atoms with Gasteiger partial charge < -0.3 is 5.32 Å². The Bertz CT molecular complexity index is 1130. The molecule has 2 N–H and O–H groups in total. The first kappa shape index (κ1) is 24.3. The van der Waals surface area contributed by atoms with Gasteiger partial charge in [0.15, 0.2) is 0 Å². The summed E-state index contributed by atoms with van der Waals surface area (Å²) >= 11 is 20.1. The number of urea groups is 1. The van der Waals surface area contributed by atoms with Crippen molar-refractivity contribution in [3.05, 3.63) is 92.4 Å². The van der Waals surface area contributed by atoms with E-state index in [4.69, 9.17) is 34.8 Å². The van der Waals surface area contributed by atoms with Crippen LogP contribution in [0.2, 0.25) is 15.1 Å². The van der Waals surface area contributed by atoms with Crippen molar-refractivity contribution in [1.29, 1.82) is 0 Å². The van der Waals surface area contributed by atoms with Crippen LogP contribution in [0, 0.1) is 11.6 Å².